The molecule has 3 heterocycles. The average Bonchev–Trinajstić information content (AvgIpc) is 3.10. The zero-order valence-electron chi connectivity index (χ0n) is 14.3. The molecule has 0 amide bonds. The van der Waals surface area contributed by atoms with Crippen molar-refractivity contribution in [1.29, 1.82) is 0 Å². The third-order valence-corrected chi connectivity index (χ3v) is 6.04. The molecule has 6 heteroatoms. The van der Waals surface area contributed by atoms with E-state index in [1.165, 1.54) is 6.20 Å². The molecule has 2 aromatic heterocycles. The molecule has 0 radical (unpaired) electrons. The maximum atomic E-state index is 12.7. The topological polar surface area (TPSA) is 63.4 Å². The van der Waals surface area contributed by atoms with Crippen molar-refractivity contribution in [2.45, 2.75) is 29.9 Å². The zero-order chi connectivity index (χ0) is 18.1. The van der Waals surface area contributed by atoms with Crippen LogP contribution in [-0.4, -0.2) is 18.3 Å². The number of benzene rings is 1. The lowest BCUT2D eigenvalue weighted by Gasteiger charge is -2.22. The van der Waals surface area contributed by atoms with Gasteiger partial charge in [-0.2, -0.15) is 0 Å². The van der Waals surface area contributed by atoms with E-state index < -0.39 is 9.84 Å². The second kappa shape index (κ2) is 6.46. The third kappa shape index (κ3) is 3.15. The van der Waals surface area contributed by atoms with Gasteiger partial charge in [0.25, 0.3) is 0 Å². The van der Waals surface area contributed by atoms with Crippen molar-refractivity contribution in [2.75, 3.05) is 0 Å². The van der Waals surface area contributed by atoms with Gasteiger partial charge in [-0.3, -0.25) is 0 Å². The number of sulfone groups is 1. The molecule has 0 N–H and O–H groups in total. The van der Waals surface area contributed by atoms with E-state index in [1.807, 2.05) is 37.4 Å². The summed E-state index contributed by atoms with van der Waals surface area (Å²) in [5, 5.41) is 0.0783. The SMILES string of the molecule is Cc1ccnc(S(=O)(=O)c2ccc(CN3C=Cc4ccoc4C3)cc2)c1. The smallest absolute Gasteiger partial charge is 0.223 e. The van der Waals surface area contributed by atoms with E-state index >= 15 is 0 Å². The van der Waals surface area contributed by atoms with Gasteiger partial charge in [0.15, 0.2) is 5.03 Å². The van der Waals surface area contributed by atoms with Gasteiger partial charge in [-0.25, -0.2) is 13.4 Å². The van der Waals surface area contributed by atoms with Crippen molar-refractivity contribution in [3.05, 3.63) is 83.6 Å². The predicted molar refractivity (Wildman–Crippen MR) is 97.9 cm³/mol. The number of hydrogen-bond donors (Lipinski definition) is 0. The van der Waals surface area contributed by atoms with Crippen LogP contribution in [0.5, 0.6) is 0 Å². The molecule has 0 unspecified atom stereocenters. The van der Waals surface area contributed by atoms with E-state index in [1.54, 1.807) is 30.5 Å². The number of aromatic nitrogens is 1. The molecule has 0 saturated carbocycles. The van der Waals surface area contributed by atoms with Crippen LogP contribution < -0.4 is 0 Å². The molecule has 3 aromatic rings. The van der Waals surface area contributed by atoms with Gasteiger partial charge in [0, 0.05) is 24.5 Å². The Bertz CT molecular complexity index is 1070. The summed E-state index contributed by atoms with van der Waals surface area (Å²) >= 11 is 0. The predicted octanol–water partition coefficient (Wildman–Crippen LogP) is 3.80. The number of hydrogen-bond acceptors (Lipinski definition) is 5. The lowest BCUT2D eigenvalue weighted by atomic mass is 10.1. The van der Waals surface area contributed by atoms with E-state index in [4.69, 9.17) is 4.42 Å². The van der Waals surface area contributed by atoms with Crippen molar-refractivity contribution in [2.24, 2.45) is 0 Å². The highest BCUT2D eigenvalue weighted by atomic mass is 32.2. The molecule has 0 bridgehead atoms. The monoisotopic (exact) mass is 366 g/mol. The molecule has 0 saturated heterocycles. The van der Waals surface area contributed by atoms with Crippen molar-refractivity contribution in [1.82, 2.24) is 9.88 Å². The summed E-state index contributed by atoms with van der Waals surface area (Å²) in [5.74, 6) is 0.942. The Balaban J connectivity index is 1.52. The fraction of sp³-hybridized carbons (Fsp3) is 0.150. The van der Waals surface area contributed by atoms with Gasteiger partial charge in [0.05, 0.1) is 17.7 Å². The second-order valence-corrected chi connectivity index (χ2v) is 8.24. The number of fused-ring (bicyclic) bond motifs is 1. The Hall–Kier alpha value is -2.86. The van der Waals surface area contributed by atoms with Crippen LogP contribution >= 0.6 is 0 Å². The largest absolute Gasteiger partial charge is 0.467 e. The van der Waals surface area contributed by atoms with Gasteiger partial charge in [0.2, 0.25) is 9.84 Å². The summed E-state index contributed by atoms with van der Waals surface area (Å²) in [6, 6.07) is 12.3. The van der Waals surface area contributed by atoms with Gasteiger partial charge in [-0.15, -0.1) is 0 Å². The van der Waals surface area contributed by atoms with Gasteiger partial charge in [-0.05, 0) is 54.5 Å². The van der Waals surface area contributed by atoms with Gasteiger partial charge in [-0.1, -0.05) is 12.1 Å². The van der Waals surface area contributed by atoms with Crippen LogP contribution in [0.3, 0.4) is 0 Å². The molecule has 0 aliphatic carbocycles. The Morgan fingerprint density at radius 3 is 2.73 bits per heavy atom. The Morgan fingerprint density at radius 2 is 1.96 bits per heavy atom. The molecule has 1 aliphatic heterocycles. The average molecular weight is 366 g/mol. The number of rotatable bonds is 4. The molecular weight excluding hydrogens is 348 g/mol. The fourth-order valence-corrected chi connectivity index (χ4v) is 4.22. The Kier molecular flexibility index (Phi) is 4.12. The lowest BCUT2D eigenvalue weighted by Crippen LogP contribution is -2.18. The summed E-state index contributed by atoms with van der Waals surface area (Å²) in [6.07, 6.45) is 7.25. The Morgan fingerprint density at radius 1 is 1.15 bits per heavy atom. The molecule has 0 spiro atoms. The standard InChI is InChI=1S/C20H18N2O3S/c1-15-6-9-21-20(12-15)26(23,24)18-4-2-16(3-5-18)13-22-10-7-17-8-11-25-19(17)14-22/h2-12H,13-14H2,1H3. The zero-order valence-corrected chi connectivity index (χ0v) is 15.1. The maximum Gasteiger partial charge on any atom is 0.223 e. The first-order valence-electron chi connectivity index (χ1n) is 8.28. The summed E-state index contributed by atoms with van der Waals surface area (Å²) in [5.41, 5.74) is 3.00. The number of aryl methyl sites for hydroxylation is 1. The summed E-state index contributed by atoms with van der Waals surface area (Å²) in [4.78, 5) is 6.38. The van der Waals surface area contributed by atoms with Crippen molar-refractivity contribution < 1.29 is 12.8 Å². The van der Waals surface area contributed by atoms with Crippen molar-refractivity contribution in [3.63, 3.8) is 0 Å². The van der Waals surface area contributed by atoms with E-state index in [0.29, 0.717) is 13.1 Å². The molecule has 1 aromatic carbocycles. The highest BCUT2D eigenvalue weighted by molar-refractivity contribution is 7.91. The quantitative estimate of drug-likeness (QED) is 0.703. The van der Waals surface area contributed by atoms with Crippen molar-refractivity contribution >= 4 is 15.9 Å². The molecule has 0 atom stereocenters. The third-order valence-electron chi connectivity index (χ3n) is 4.38. The van der Waals surface area contributed by atoms with E-state index in [-0.39, 0.29) is 9.92 Å². The summed E-state index contributed by atoms with van der Waals surface area (Å²) in [6.45, 7) is 3.23. The van der Waals surface area contributed by atoms with Crippen LogP contribution in [0.25, 0.3) is 6.08 Å². The minimum absolute atomic E-state index is 0.0783. The summed E-state index contributed by atoms with van der Waals surface area (Å²) < 4.78 is 30.9. The second-order valence-electron chi connectivity index (χ2n) is 6.34. The highest BCUT2D eigenvalue weighted by Gasteiger charge is 2.19. The van der Waals surface area contributed by atoms with Gasteiger partial charge in [0.1, 0.15) is 5.76 Å². The fourth-order valence-electron chi connectivity index (χ4n) is 2.94. The van der Waals surface area contributed by atoms with Gasteiger partial charge < -0.3 is 9.32 Å². The number of furan rings is 1. The highest BCUT2D eigenvalue weighted by Crippen LogP contribution is 2.24. The maximum absolute atomic E-state index is 12.7. The van der Waals surface area contributed by atoms with E-state index in [0.717, 1.165) is 22.5 Å². The van der Waals surface area contributed by atoms with Crippen LogP contribution in [0.1, 0.15) is 22.5 Å². The Labute approximate surface area is 152 Å². The molecule has 26 heavy (non-hydrogen) atoms. The van der Waals surface area contributed by atoms with Crippen LogP contribution in [0.4, 0.5) is 0 Å². The van der Waals surface area contributed by atoms with Crippen LogP contribution in [0.15, 0.2) is 75.5 Å². The molecule has 1 aliphatic rings. The minimum Gasteiger partial charge on any atom is -0.467 e. The van der Waals surface area contributed by atoms with Gasteiger partial charge >= 0.3 is 0 Å². The lowest BCUT2D eigenvalue weighted by molar-refractivity contribution is 0.319. The van der Waals surface area contributed by atoms with E-state index in [9.17, 15) is 8.42 Å². The van der Waals surface area contributed by atoms with E-state index in [2.05, 4.69) is 9.88 Å². The first kappa shape index (κ1) is 16.6. The van der Waals surface area contributed by atoms with Crippen LogP contribution in [-0.2, 0) is 22.9 Å². The molecule has 5 nitrogen and oxygen atoms in total. The number of pyridine rings is 1. The molecular formula is C20H18N2O3S. The van der Waals surface area contributed by atoms with Crippen LogP contribution in [0.2, 0.25) is 0 Å². The van der Waals surface area contributed by atoms with Crippen LogP contribution in [0, 0.1) is 6.92 Å². The van der Waals surface area contributed by atoms with Crippen molar-refractivity contribution in [3.8, 4) is 0 Å². The molecule has 4 rings (SSSR count). The minimum atomic E-state index is -3.60. The number of nitrogens with zero attached hydrogens (tertiary/aromatic N) is 2. The molecule has 132 valence electrons. The summed E-state index contributed by atoms with van der Waals surface area (Å²) in [7, 11) is -3.60. The normalized spacial score (nSPS) is 13.7. The first-order chi connectivity index (χ1) is 12.5. The molecule has 0 fully saturated rings. The first-order valence-corrected chi connectivity index (χ1v) is 9.76.